The molecule has 0 spiro atoms. The van der Waals surface area contributed by atoms with Gasteiger partial charge >= 0.3 is 12.0 Å². The molecule has 3 rings (SSSR count). The molecule has 1 aliphatic carbocycles. The number of rotatable bonds is 7. The monoisotopic (exact) mass is 400 g/mol. The number of aryl methyl sites for hydroxylation is 1. The molecule has 1 aromatic rings. The Kier molecular flexibility index (Phi) is 6.60. The summed E-state index contributed by atoms with van der Waals surface area (Å²) in [6.45, 7) is 6.10. The number of hydrogen-bond donors (Lipinski definition) is 1. The zero-order valence-electron chi connectivity index (χ0n) is 17.6. The molecule has 6 nitrogen and oxygen atoms in total. The molecular weight excluding hydrogens is 368 g/mol. The van der Waals surface area contributed by atoms with Crippen molar-refractivity contribution < 1.29 is 19.5 Å². The van der Waals surface area contributed by atoms with Gasteiger partial charge in [-0.3, -0.25) is 4.79 Å². The number of hydrogen-bond acceptors (Lipinski definition) is 3. The number of amides is 3. The predicted octanol–water partition coefficient (Wildman–Crippen LogP) is 4.21. The van der Waals surface area contributed by atoms with E-state index in [2.05, 4.69) is 0 Å². The van der Waals surface area contributed by atoms with Crippen LogP contribution in [-0.2, 0) is 16.1 Å². The van der Waals surface area contributed by atoms with Crippen LogP contribution in [0.2, 0.25) is 0 Å². The van der Waals surface area contributed by atoms with Crippen LogP contribution < -0.4 is 0 Å². The third-order valence-corrected chi connectivity index (χ3v) is 6.26. The number of nitrogens with zero attached hydrogens (tertiary/aromatic N) is 2. The molecule has 29 heavy (non-hydrogen) atoms. The number of urea groups is 1. The maximum absolute atomic E-state index is 13.3. The smallest absolute Gasteiger partial charge is 0.328 e. The van der Waals surface area contributed by atoms with Crippen LogP contribution in [0.1, 0.15) is 63.5 Å². The first kappa shape index (κ1) is 21.3. The Hall–Kier alpha value is -2.37. The highest BCUT2D eigenvalue weighted by molar-refractivity contribution is 6.07. The Bertz CT molecular complexity index is 753. The summed E-state index contributed by atoms with van der Waals surface area (Å²) >= 11 is 0. The van der Waals surface area contributed by atoms with Crippen molar-refractivity contribution in [2.75, 3.05) is 0 Å². The van der Waals surface area contributed by atoms with Gasteiger partial charge in [0.1, 0.15) is 12.1 Å². The quantitative estimate of drug-likeness (QED) is 0.696. The molecule has 1 heterocycles. The van der Waals surface area contributed by atoms with E-state index in [4.69, 9.17) is 0 Å². The van der Waals surface area contributed by atoms with E-state index in [0.717, 1.165) is 41.7 Å². The molecule has 6 heteroatoms. The summed E-state index contributed by atoms with van der Waals surface area (Å²) in [5.74, 6) is -1.29. The highest BCUT2D eigenvalue weighted by Gasteiger charge is 2.51. The van der Waals surface area contributed by atoms with Gasteiger partial charge in [-0.15, -0.1) is 0 Å². The standard InChI is InChI=1S/C23H32N2O4/c1-15(2)20-21(26)25(19(22(27)28)13-17-7-5-4-6-8-17)23(29)24(20)14-18-11-9-16(3)10-12-18/h9-12,15,17,19-20H,4-8,13-14H2,1-3H3,(H,27,28). The van der Waals surface area contributed by atoms with Gasteiger partial charge in [0.15, 0.2) is 0 Å². The van der Waals surface area contributed by atoms with Gasteiger partial charge in [0.2, 0.25) is 0 Å². The summed E-state index contributed by atoms with van der Waals surface area (Å²) in [4.78, 5) is 41.1. The van der Waals surface area contributed by atoms with Crippen LogP contribution in [0.15, 0.2) is 24.3 Å². The number of aliphatic carboxylic acids is 1. The lowest BCUT2D eigenvalue weighted by molar-refractivity contribution is -0.148. The van der Waals surface area contributed by atoms with Crippen LogP contribution in [0.25, 0.3) is 0 Å². The van der Waals surface area contributed by atoms with Crippen molar-refractivity contribution in [3.63, 3.8) is 0 Å². The number of carboxylic acids is 1. The van der Waals surface area contributed by atoms with Gasteiger partial charge in [0, 0.05) is 6.54 Å². The molecule has 2 atom stereocenters. The normalized spacial score (nSPS) is 21.9. The van der Waals surface area contributed by atoms with Crippen molar-refractivity contribution in [2.45, 2.75) is 77.9 Å². The van der Waals surface area contributed by atoms with Crippen molar-refractivity contribution in [2.24, 2.45) is 11.8 Å². The second-order valence-electron chi connectivity index (χ2n) is 8.89. The van der Waals surface area contributed by atoms with Crippen LogP contribution in [0, 0.1) is 18.8 Å². The first-order valence-electron chi connectivity index (χ1n) is 10.7. The zero-order chi connectivity index (χ0) is 21.1. The summed E-state index contributed by atoms with van der Waals surface area (Å²) in [5.41, 5.74) is 2.06. The molecule has 0 aromatic heterocycles. The minimum atomic E-state index is -1.09. The Labute approximate surface area is 172 Å². The number of carbonyl (C=O) groups excluding carboxylic acids is 2. The Morgan fingerprint density at radius 1 is 1.10 bits per heavy atom. The Morgan fingerprint density at radius 3 is 2.28 bits per heavy atom. The van der Waals surface area contributed by atoms with Gasteiger partial charge in [0.25, 0.3) is 5.91 Å². The molecule has 158 valence electrons. The second-order valence-corrected chi connectivity index (χ2v) is 8.89. The van der Waals surface area contributed by atoms with E-state index in [9.17, 15) is 19.5 Å². The minimum absolute atomic E-state index is 0.0916. The largest absolute Gasteiger partial charge is 0.480 e. The summed E-state index contributed by atoms with van der Waals surface area (Å²) in [6.07, 6.45) is 5.66. The number of carboxylic acid groups (broad SMARTS) is 1. The molecule has 3 amide bonds. The van der Waals surface area contributed by atoms with E-state index < -0.39 is 24.1 Å². The maximum atomic E-state index is 13.3. The van der Waals surface area contributed by atoms with Crippen LogP contribution in [-0.4, -0.2) is 44.9 Å². The van der Waals surface area contributed by atoms with E-state index >= 15 is 0 Å². The molecule has 1 saturated carbocycles. The summed E-state index contributed by atoms with van der Waals surface area (Å²) in [5, 5.41) is 9.87. The lowest BCUT2D eigenvalue weighted by Crippen LogP contribution is -2.47. The third-order valence-electron chi connectivity index (χ3n) is 6.26. The van der Waals surface area contributed by atoms with Gasteiger partial charge in [-0.1, -0.05) is 75.8 Å². The van der Waals surface area contributed by atoms with Crippen molar-refractivity contribution in [3.05, 3.63) is 35.4 Å². The zero-order valence-corrected chi connectivity index (χ0v) is 17.6. The molecule has 1 N–H and O–H groups in total. The second kappa shape index (κ2) is 8.97. The molecule has 0 bridgehead atoms. The molecule has 2 unspecified atom stereocenters. The van der Waals surface area contributed by atoms with Crippen molar-refractivity contribution in [1.29, 1.82) is 0 Å². The topological polar surface area (TPSA) is 77.9 Å². The van der Waals surface area contributed by atoms with Crippen molar-refractivity contribution >= 4 is 17.9 Å². The van der Waals surface area contributed by atoms with Gasteiger partial charge in [-0.2, -0.15) is 0 Å². The lowest BCUT2D eigenvalue weighted by Gasteiger charge is -2.28. The highest BCUT2D eigenvalue weighted by atomic mass is 16.4. The summed E-state index contributed by atoms with van der Waals surface area (Å²) < 4.78 is 0. The number of benzene rings is 1. The van der Waals surface area contributed by atoms with Gasteiger partial charge in [-0.25, -0.2) is 14.5 Å². The summed E-state index contributed by atoms with van der Waals surface area (Å²) in [6, 6.07) is 5.66. The SMILES string of the molecule is Cc1ccc(CN2C(=O)N(C(CC3CCCCC3)C(=O)O)C(=O)C2C(C)C)cc1. The lowest BCUT2D eigenvalue weighted by atomic mass is 9.84. The average molecular weight is 401 g/mol. The number of imide groups is 1. The fraction of sp³-hybridized carbons (Fsp3) is 0.609. The fourth-order valence-electron chi connectivity index (χ4n) is 4.67. The van der Waals surface area contributed by atoms with Gasteiger partial charge in [-0.05, 0) is 30.7 Å². The molecule has 1 aliphatic heterocycles. The minimum Gasteiger partial charge on any atom is -0.480 e. The van der Waals surface area contributed by atoms with Crippen molar-refractivity contribution in [3.8, 4) is 0 Å². The fourth-order valence-corrected chi connectivity index (χ4v) is 4.67. The first-order valence-corrected chi connectivity index (χ1v) is 10.7. The molecule has 1 aromatic carbocycles. The van der Waals surface area contributed by atoms with Gasteiger partial charge < -0.3 is 10.0 Å². The summed E-state index contributed by atoms with van der Waals surface area (Å²) in [7, 11) is 0. The van der Waals surface area contributed by atoms with Crippen LogP contribution in [0.5, 0.6) is 0 Å². The van der Waals surface area contributed by atoms with E-state index in [1.54, 1.807) is 4.90 Å². The van der Waals surface area contributed by atoms with E-state index in [1.807, 2.05) is 45.0 Å². The van der Waals surface area contributed by atoms with E-state index in [0.29, 0.717) is 13.0 Å². The van der Waals surface area contributed by atoms with Crippen LogP contribution in [0.4, 0.5) is 4.79 Å². The molecule has 2 aliphatic rings. The number of carbonyl (C=O) groups is 3. The van der Waals surface area contributed by atoms with Crippen LogP contribution in [0.3, 0.4) is 0 Å². The van der Waals surface area contributed by atoms with Gasteiger partial charge in [0.05, 0.1) is 0 Å². The highest BCUT2D eigenvalue weighted by Crippen LogP contribution is 2.33. The Morgan fingerprint density at radius 2 is 1.72 bits per heavy atom. The van der Waals surface area contributed by atoms with E-state index in [1.165, 1.54) is 6.42 Å². The van der Waals surface area contributed by atoms with Crippen LogP contribution >= 0.6 is 0 Å². The average Bonchev–Trinajstić information content (AvgIpc) is 2.92. The predicted molar refractivity (Wildman–Crippen MR) is 110 cm³/mol. The Balaban J connectivity index is 1.85. The maximum Gasteiger partial charge on any atom is 0.328 e. The molecule has 0 radical (unpaired) electrons. The first-order chi connectivity index (χ1) is 13.8. The molecule has 1 saturated heterocycles. The third kappa shape index (κ3) is 4.62. The van der Waals surface area contributed by atoms with E-state index in [-0.39, 0.29) is 17.7 Å². The molecule has 2 fully saturated rings. The van der Waals surface area contributed by atoms with Crippen molar-refractivity contribution in [1.82, 2.24) is 9.80 Å². The molecular formula is C23H32N2O4.